The monoisotopic (exact) mass is 1370 g/mol. The van der Waals surface area contributed by atoms with Crippen LogP contribution in [0.15, 0.2) is 237 Å². The van der Waals surface area contributed by atoms with Crippen molar-refractivity contribution in [2.75, 3.05) is 0 Å². The number of fused-ring (bicyclic) bond motifs is 13. The summed E-state index contributed by atoms with van der Waals surface area (Å²) in [6, 6.07) is 83.8. The SMILES string of the molecule is CC(C)(C)c1cc2c3c(c1)Oc1cccc4c1B3c1c(cccc1O2)O4.CC(C)(C)c1cc2c3c(c1)Oc1ccccc1B3c1ccccc1O2.CC(C)(C)c1ccc2c(c1)Cc1ccccc1-2.CC(C)(C)c1cccc2c1sc1ccccc12.CC(C)(C)c1cccc2sc3ccccc3c12. The van der Waals surface area contributed by atoms with Crippen LogP contribution in [0.1, 0.15) is 143 Å². The Bertz CT molecular complexity index is 5510. The highest BCUT2D eigenvalue weighted by Crippen LogP contribution is 2.47. The molecule has 2 aromatic heterocycles. The third-order valence-electron chi connectivity index (χ3n) is 20.8. The summed E-state index contributed by atoms with van der Waals surface area (Å²) in [5.74, 6) is 8.99. The Hall–Kier alpha value is -9.79. The van der Waals surface area contributed by atoms with Gasteiger partial charge in [0.05, 0.1) is 0 Å². The molecule has 0 saturated heterocycles. The fourth-order valence-corrected chi connectivity index (χ4v) is 18.0. The number of thiophene rings is 2. The van der Waals surface area contributed by atoms with E-state index in [2.05, 4.69) is 292 Å². The van der Waals surface area contributed by atoms with Crippen molar-refractivity contribution in [3.8, 4) is 68.6 Å². The lowest BCUT2D eigenvalue weighted by Gasteiger charge is -2.38. The van der Waals surface area contributed by atoms with E-state index in [4.69, 9.17) is 23.7 Å². The summed E-state index contributed by atoms with van der Waals surface area (Å²) in [5, 5.41) is 5.63. The summed E-state index contributed by atoms with van der Waals surface area (Å²) >= 11 is 3.81. The zero-order valence-electron chi connectivity index (χ0n) is 61.2. The molecule has 14 aromatic rings. The average molecular weight is 1370 g/mol. The second-order valence-electron chi connectivity index (χ2n) is 33.1. The average Bonchev–Trinajstić information content (AvgIpc) is 0.935. The van der Waals surface area contributed by atoms with Gasteiger partial charge in [0, 0.05) is 62.2 Å². The van der Waals surface area contributed by atoms with Gasteiger partial charge in [0.2, 0.25) is 0 Å². The Kier molecular flexibility index (Phi) is 16.4. The van der Waals surface area contributed by atoms with E-state index in [-0.39, 0.29) is 40.5 Å². The first-order chi connectivity index (χ1) is 48.7. The van der Waals surface area contributed by atoms with Crippen molar-refractivity contribution < 1.29 is 23.7 Å². The van der Waals surface area contributed by atoms with Gasteiger partial charge in [-0.3, -0.25) is 0 Å². The highest BCUT2D eigenvalue weighted by atomic mass is 32.1. The summed E-state index contributed by atoms with van der Waals surface area (Å²) in [6.45, 7) is 34.1. The van der Waals surface area contributed by atoms with Crippen molar-refractivity contribution in [1.82, 2.24) is 0 Å². The first-order valence-electron chi connectivity index (χ1n) is 36.0. The lowest BCUT2D eigenvalue weighted by atomic mass is 9.34. The molecule has 0 unspecified atom stereocenters. The van der Waals surface area contributed by atoms with E-state index in [0.29, 0.717) is 0 Å². The van der Waals surface area contributed by atoms with E-state index in [9.17, 15) is 0 Å². The van der Waals surface area contributed by atoms with Crippen molar-refractivity contribution >= 4 is 109 Å². The minimum absolute atomic E-state index is 0.0121. The fourth-order valence-electron chi connectivity index (χ4n) is 15.4. The first-order valence-corrected chi connectivity index (χ1v) is 37.6. The summed E-state index contributed by atoms with van der Waals surface area (Å²) in [5.41, 5.74) is 20.1. The van der Waals surface area contributed by atoms with Crippen molar-refractivity contribution in [2.24, 2.45) is 0 Å². The van der Waals surface area contributed by atoms with Gasteiger partial charge in [-0.05, 0) is 173 Å². The van der Waals surface area contributed by atoms with E-state index in [1.54, 1.807) is 0 Å². The molecule has 1 aliphatic carbocycles. The van der Waals surface area contributed by atoms with Gasteiger partial charge in [0.25, 0.3) is 13.4 Å². The Morgan fingerprint density at radius 2 is 0.667 bits per heavy atom. The smallest absolute Gasteiger partial charge is 0.270 e. The van der Waals surface area contributed by atoms with Crippen LogP contribution in [0.4, 0.5) is 0 Å². The maximum atomic E-state index is 6.33. The largest absolute Gasteiger partial charge is 0.458 e. The lowest BCUT2D eigenvalue weighted by Crippen LogP contribution is -2.59. The highest BCUT2D eigenvalue weighted by Gasteiger charge is 2.47. The summed E-state index contributed by atoms with van der Waals surface area (Å²) in [4.78, 5) is 0. The van der Waals surface area contributed by atoms with Gasteiger partial charge in [0.15, 0.2) is 0 Å². The van der Waals surface area contributed by atoms with Gasteiger partial charge < -0.3 is 23.7 Å². The Morgan fingerprint density at radius 1 is 0.275 bits per heavy atom. The standard InChI is InChI=1S/C22H17BO3.C22H19BO2.C17H18.2C16H16S/c1-22(2,3)12-10-17-21-18(11-12)26-16-9-5-7-14-20(16)23(21)19-13(24-14)6-4-8-15(19)25-17;1-22(2,3)14-12-19-21-20(13-14)25-18-11-7-5-9-16(18)23(21)15-8-4-6-10-17(15)24-19;1-17(2,3)14-8-9-16-13(11-14)10-12-6-4-5-7-15(12)16;1-16(2,3)13-9-6-8-12-11-7-4-5-10-14(11)17-15(12)13;1-16(2,3)12-8-6-10-14-15(12)11-7-4-5-9-13(11)17-14/h4-11H,1-3H3;4-13H,1-3H3;4-9,11H,10H2,1-3H3;2*4-10H,1-3H3. The number of rotatable bonds is 0. The summed E-state index contributed by atoms with van der Waals surface area (Å²) in [6.07, 6.45) is 1.09. The molecule has 0 N–H and O–H groups in total. The Morgan fingerprint density at radius 3 is 1.22 bits per heavy atom. The van der Waals surface area contributed by atoms with Gasteiger partial charge in [-0.1, -0.05) is 262 Å². The van der Waals surface area contributed by atoms with Crippen LogP contribution < -0.4 is 56.5 Å². The first kappa shape index (κ1) is 66.7. The van der Waals surface area contributed by atoms with Crippen LogP contribution in [0.25, 0.3) is 51.5 Å². The molecule has 0 fully saturated rings. The molecule has 0 saturated carbocycles. The lowest BCUT2D eigenvalue weighted by molar-refractivity contribution is 0.439. The van der Waals surface area contributed by atoms with Crippen LogP contribution >= 0.6 is 22.7 Å². The Balaban J connectivity index is 0.000000100. The van der Waals surface area contributed by atoms with Crippen LogP contribution in [0.5, 0.6) is 57.5 Å². The number of ether oxygens (including phenoxy) is 5. The molecular weight excluding hydrogens is 1280 g/mol. The molecular formula is C93H86B2O5S2. The normalized spacial score (nSPS) is 13.6. The molecule has 0 bridgehead atoms. The van der Waals surface area contributed by atoms with Crippen molar-refractivity contribution in [2.45, 2.75) is 137 Å². The number of benzene rings is 12. The van der Waals surface area contributed by atoms with Crippen LogP contribution in [0.3, 0.4) is 0 Å². The van der Waals surface area contributed by atoms with E-state index in [1.807, 2.05) is 71.2 Å². The van der Waals surface area contributed by atoms with Crippen LogP contribution in [-0.4, -0.2) is 13.4 Å². The van der Waals surface area contributed by atoms with Crippen LogP contribution in [0.2, 0.25) is 0 Å². The minimum Gasteiger partial charge on any atom is -0.458 e. The molecule has 12 aromatic carbocycles. The predicted octanol–water partition coefficient (Wildman–Crippen LogP) is 22.8. The highest BCUT2D eigenvalue weighted by molar-refractivity contribution is 7.26. The number of para-hydroxylation sites is 2. The quantitative estimate of drug-likeness (QED) is 0.142. The van der Waals surface area contributed by atoms with Gasteiger partial charge in [-0.25, -0.2) is 0 Å². The predicted molar refractivity (Wildman–Crippen MR) is 435 cm³/mol. The molecule has 5 aliphatic heterocycles. The second kappa shape index (κ2) is 25.0. The van der Waals surface area contributed by atoms with Gasteiger partial charge in [0.1, 0.15) is 57.5 Å². The number of hydrogen-bond donors (Lipinski definition) is 0. The molecule has 0 radical (unpaired) electrons. The van der Waals surface area contributed by atoms with E-state index >= 15 is 0 Å². The zero-order chi connectivity index (χ0) is 70.9. The zero-order valence-corrected chi connectivity index (χ0v) is 62.9. The second-order valence-corrected chi connectivity index (χ2v) is 35.2. The topological polar surface area (TPSA) is 46.2 Å². The fraction of sp³-hybridized carbons (Fsp3) is 0.226. The molecule has 20 rings (SSSR count). The van der Waals surface area contributed by atoms with Gasteiger partial charge >= 0.3 is 0 Å². The molecule has 9 heteroatoms. The molecule has 5 nitrogen and oxygen atoms in total. The molecule has 102 heavy (non-hydrogen) atoms. The summed E-state index contributed by atoms with van der Waals surface area (Å²) in [7, 11) is 0. The molecule has 506 valence electrons. The van der Waals surface area contributed by atoms with Crippen molar-refractivity contribution in [1.29, 1.82) is 0 Å². The maximum absolute atomic E-state index is 6.33. The molecule has 0 spiro atoms. The van der Waals surface area contributed by atoms with E-state index in [0.717, 1.165) is 85.8 Å². The van der Waals surface area contributed by atoms with Crippen LogP contribution in [0, 0.1) is 0 Å². The van der Waals surface area contributed by atoms with Crippen molar-refractivity contribution in [3.63, 3.8) is 0 Å². The molecule has 7 heterocycles. The third-order valence-corrected chi connectivity index (χ3v) is 23.1. The van der Waals surface area contributed by atoms with Gasteiger partial charge in [-0.15, -0.1) is 22.7 Å². The molecule has 6 aliphatic rings. The van der Waals surface area contributed by atoms with Gasteiger partial charge in [-0.2, -0.15) is 0 Å². The summed E-state index contributed by atoms with van der Waals surface area (Å²) < 4.78 is 37.0. The Labute approximate surface area is 610 Å². The molecule has 0 amide bonds. The molecule has 0 atom stereocenters. The maximum Gasteiger partial charge on any atom is 0.270 e. The van der Waals surface area contributed by atoms with Crippen molar-refractivity contribution in [3.05, 3.63) is 276 Å². The van der Waals surface area contributed by atoms with E-state index in [1.165, 1.54) is 101 Å². The van der Waals surface area contributed by atoms with Crippen LogP contribution in [-0.2, 0) is 33.5 Å². The number of hydrogen-bond acceptors (Lipinski definition) is 7. The third kappa shape index (κ3) is 12.0. The minimum atomic E-state index is 0.0121. The van der Waals surface area contributed by atoms with E-state index < -0.39 is 0 Å².